The fraction of sp³-hybridized carbons (Fsp3) is 0.444. The van der Waals surface area contributed by atoms with Crippen molar-refractivity contribution in [2.24, 2.45) is 7.05 Å². The number of methoxy groups -OCH3 is 1. The number of fused-ring (bicyclic) bond motifs is 1. The van der Waals surface area contributed by atoms with Gasteiger partial charge in [0.05, 0.1) is 24.9 Å². The van der Waals surface area contributed by atoms with E-state index >= 15 is 0 Å². The first-order chi connectivity index (χ1) is 11.6. The fourth-order valence-electron chi connectivity index (χ4n) is 3.32. The number of amides is 1. The molecule has 0 atom stereocenters. The molecule has 0 aliphatic carbocycles. The quantitative estimate of drug-likeness (QED) is 0.909. The van der Waals surface area contributed by atoms with Crippen LogP contribution in [0, 0.1) is 6.92 Å². The largest absolute Gasteiger partial charge is 0.481 e. The van der Waals surface area contributed by atoms with E-state index in [1.165, 1.54) is 5.56 Å². The molecule has 0 unspecified atom stereocenters. The minimum Gasteiger partial charge on any atom is -0.481 e. The number of rotatable bonds is 5. The number of aromatic nitrogens is 2. The Labute approximate surface area is 142 Å². The highest BCUT2D eigenvalue weighted by molar-refractivity contribution is 5.95. The molecule has 2 heterocycles. The summed E-state index contributed by atoms with van der Waals surface area (Å²) in [5.41, 5.74) is 4.21. The third-order valence-electron chi connectivity index (χ3n) is 4.47. The molecule has 1 aromatic carbocycles. The average Bonchev–Trinajstić information content (AvgIpc) is 2.87. The number of benzene rings is 1. The van der Waals surface area contributed by atoms with Gasteiger partial charge in [0.2, 0.25) is 11.8 Å². The van der Waals surface area contributed by atoms with E-state index < -0.39 is 0 Å². The van der Waals surface area contributed by atoms with Gasteiger partial charge in [0.25, 0.3) is 0 Å². The van der Waals surface area contributed by atoms with Gasteiger partial charge in [-0.2, -0.15) is 5.10 Å². The second kappa shape index (κ2) is 7.05. The Hall–Kier alpha value is -2.34. The molecule has 2 aromatic rings. The number of ether oxygens (including phenoxy) is 1. The lowest BCUT2D eigenvalue weighted by molar-refractivity contribution is -0.117. The van der Waals surface area contributed by atoms with Crippen LogP contribution >= 0.6 is 0 Å². The molecule has 24 heavy (non-hydrogen) atoms. The Morgan fingerprint density at radius 2 is 2.17 bits per heavy atom. The zero-order valence-corrected chi connectivity index (χ0v) is 14.5. The van der Waals surface area contributed by atoms with Gasteiger partial charge in [-0.25, -0.2) is 4.68 Å². The number of hydrogen-bond donors (Lipinski definition) is 1. The van der Waals surface area contributed by atoms with E-state index in [0.717, 1.165) is 42.2 Å². The molecule has 6 nitrogen and oxygen atoms in total. The summed E-state index contributed by atoms with van der Waals surface area (Å²) in [4.78, 5) is 14.5. The van der Waals surface area contributed by atoms with Crippen molar-refractivity contribution >= 4 is 11.6 Å². The van der Waals surface area contributed by atoms with Crippen LogP contribution in [0.3, 0.4) is 0 Å². The van der Waals surface area contributed by atoms with E-state index in [1.54, 1.807) is 11.8 Å². The maximum atomic E-state index is 12.6. The Bertz CT molecular complexity index is 739. The summed E-state index contributed by atoms with van der Waals surface area (Å²) >= 11 is 0. The number of nitrogens with one attached hydrogen (secondary N) is 1. The van der Waals surface area contributed by atoms with Gasteiger partial charge in [-0.1, -0.05) is 18.2 Å². The van der Waals surface area contributed by atoms with Crippen molar-refractivity contribution in [3.05, 3.63) is 41.1 Å². The molecule has 3 rings (SSSR count). The number of para-hydroxylation sites is 1. The summed E-state index contributed by atoms with van der Waals surface area (Å²) in [5, 5.41) is 7.59. The van der Waals surface area contributed by atoms with Crippen LogP contribution in [0.25, 0.3) is 0 Å². The normalized spacial score (nSPS) is 13.7. The number of aryl methyl sites for hydroxylation is 3. The van der Waals surface area contributed by atoms with Gasteiger partial charge in [0.15, 0.2) is 0 Å². The highest BCUT2D eigenvalue weighted by Gasteiger charge is 2.22. The van der Waals surface area contributed by atoms with Crippen LogP contribution in [0.2, 0.25) is 0 Å². The Balaban J connectivity index is 1.63. The smallest absolute Gasteiger partial charge is 0.240 e. The van der Waals surface area contributed by atoms with Gasteiger partial charge in [-0.3, -0.25) is 4.79 Å². The van der Waals surface area contributed by atoms with E-state index in [4.69, 9.17) is 4.74 Å². The van der Waals surface area contributed by atoms with Crippen LogP contribution in [-0.4, -0.2) is 35.9 Å². The maximum Gasteiger partial charge on any atom is 0.240 e. The highest BCUT2D eigenvalue weighted by Crippen LogP contribution is 2.26. The number of carbonyl (C=O) groups is 1. The predicted octanol–water partition coefficient (Wildman–Crippen LogP) is 1.81. The summed E-state index contributed by atoms with van der Waals surface area (Å²) < 4.78 is 7.10. The Morgan fingerprint density at radius 1 is 1.38 bits per heavy atom. The van der Waals surface area contributed by atoms with Crippen molar-refractivity contribution in [3.63, 3.8) is 0 Å². The van der Waals surface area contributed by atoms with Crippen LogP contribution in [0.4, 0.5) is 5.69 Å². The van der Waals surface area contributed by atoms with Crippen LogP contribution in [0.15, 0.2) is 24.3 Å². The fourth-order valence-corrected chi connectivity index (χ4v) is 3.32. The minimum absolute atomic E-state index is 0.0997. The molecule has 6 heteroatoms. The molecule has 1 aliphatic rings. The SMILES string of the molecule is COc1c(CNCC(=O)N2CCCc3ccccc32)c(C)nn1C. The van der Waals surface area contributed by atoms with Crippen molar-refractivity contribution in [1.29, 1.82) is 0 Å². The van der Waals surface area contributed by atoms with Crippen molar-refractivity contribution in [3.8, 4) is 5.88 Å². The lowest BCUT2D eigenvalue weighted by Gasteiger charge is -2.29. The van der Waals surface area contributed by atoms with Gasteiger partial charge < -0.3 is 15.0 Å². The molecule has 128 valence electrons. The van der Waals surface area contributed by atoms with E-state index in [2.05, 4.69) is 16.5 Å². The first-order valence-electron chi connectivity index (χ1n) is 8.27. The summed E-state index contributed by atoms with van der Waals surface area (Å²) in [5.74, 6) is 0.832. The summed E-state index contributed by atoms with van der Waals surface area (Å²) in [6.45, 7) is 3.59. The highest BCUT2D eigenvalue weighted by atomic mass is 16.5. The zero-order valence-electron chi connectivity index (χ0n) is 14.5. The average molecular weight is 328 g/mol. The molecule has 0 spiro atoms. The maximum absolute atomic E-state index is 12.6. The van der Waals surface area contributed by atoms with Gasteiger partial charge in [-0.05, 0) is 31.4 Å². The monoisotopic (exact) mass is 328 g/mol. The summed E-state index contributed by atoms with van der Waals surface area (Å²) in [7, 11) is 3.49. The lowest BCUT2D eigenvalue weighted by Crippen LogP contribution is -2.41. The Morgan fingerprint density at radius 3 is 2.96 bits per heavy atom. The van der Waals surface area contributed by atoms with Gasteiger partial charge >= 0.3 is 0 Å². The first kappa shape index (κ1) is 16.5. The number of hydrogen-bond acceptors (Lipinski definition) is 4. The topological polar surface area (TPSA) is 59.4 Å². The first-order valence-corrected chi connectivity index (χ1v) is 8.27. The van der Waals surface area contributed by atoms with Crippen molar-refractivity contribution in [2.45, 2.75) is 26.3 Å². The van der Waals surface area contributed by atoms with Crippen molar-refractivity contribution in [1.82, 2.24) is 15.1 Å². The van der Waals surface area contributed by atoms with E-state index in [0.29, 0.717) is 13.1 Å². The molecule has 1 amide bonds. The van der Waals surface area contributed by atoms with E-state index in [1.807, 2.05) is 37.1 Å². The number of nitrogens with zero attached hydrogens (tertiary/aromatic N) is 3. The molecular weight excluding hydrogens is 304 g/mol. The van der Waals surface area contributed by atoms with E-state index in [9.17, 15) is 4.79 Å². The molecule has 0 fully saturated rings. The van der Waals surface area contributed by atoms with Crippen molar-refractivity contribution < 1.29 is 9.53 Å². The third kappa shape index (κ3) is 3.14. The molecule has 1 N–H and O–H groups in total. The van der Waals surface area contributed by atoms with Crippen LogP contribution in [0.5, 0.6) is 5.88 Å². The Kier molecular flexibility index (Phi) is 4.85. The molecule has 0 saturated heterocycles. The zero-order chi connectivity index (χ0) is 17.1. The minimum atomic E-state index is 0.0997. The molecule has 1 aromatic heterocycles. The van der Waals surface area contributed by atoms with Crippen LogP contribution < -0.4 is 15.0 Å². The molecular formula is C18H24N4O2. The molecule has 1 aliphatic heterocycles. The van der Waals surface area contributed by atoms with Gasteiger partial charge in [0.1, 0.15) is 0 Å². The summed E-state index contributed by atoms with van der Waals surface area (Å²) in [6.07, 6.45) is 2.05. The molecule has 0 bridgehead atoms. The second-order valence-corrected chi connectivity index (χ2v) is 6.08. The van der Waals surface area contributed by atoms with Crippen LogP contribution in [0.1, 0.15) is 23.2 Å². The van der Waals surface area contributed by atoms with Gasteiger partial charge in [-0.15, -0.1) is 0 Å². The predicted molar refractivity (Wildman–Crippen MR) is 93.3 cm³/mol. The van der Waals surface area contributed by atoms with Crippen LogP contribution in [-0.2, 0) is 24.8 Å². The number of carbonyl (C=O) groups excluding carboxylic acids is 1. The van der Waals surface area contributed by atoms with Gasteiger partial charge in [0, 0.05) is 25.8 Å². The number of anilines is 1. The third-order valence-corrected chi connectivity index (χ3v) is 4.47. The van der Waals surface area contributed by atoms with Crippen molar-refractivity contribution in [2.75, 3.05) is 25.1 Å². The second-order valence-electron chi connectivity index (χ2n) is 6.08. The molecule has 0 saturated carbocycles. The van der Waals surface area contributed by atoms with E-state index in [-0.39, 0.29) is 5.91 Å². The molecule has 0 radical (unpaired) electrons. The summed E-state index contributed by atoms with van der Waals surface area (Å²) in [6, 6.07) is 8.15. The lowest BCUT2D eigenvalue weighted by atomic mass is 10.0. The standard InChI is InChI=1S/C18H24N4O2/c1-13-15(18(24-3)21(2)20-13)11-19-12-17(23)22-10-6-8-14-7-4-5-9-16(14)22/h4-5,7,9,19H,6,8,10-12H2,1-3H3.